The first-order valence-electron chi connectivity index (χ1n) is 10.4. The molecule has 2 aromatic rings. The van der Waals surface area contributed by atoms with Gasteiger partial charge in [-0.05, 0) is 30.7 Å². The van der Waals surface area contributed by atoms with Gasteiger partial charge in [-0.3, -0.25) is 4.79 Å². The Morgan fingerprint density at radius 3 is 2.54 bits per heavy atom. The SMILES string of the molecule is COc1c([C@H]2[C@H](C(=O)Nc3ccc4c(c3)S(=O)(=O)NC4)O[C@@](C)(C(F)(F)F)[C@H]2C)ccc(F)c1F. The van der Waals surface area contributed by atoms with Crippen LogP contribution in [0.25, 0.3) is 0 Å². The molecular formula is C22H21F5N2O5S. The number of fused-ring (bicyclic) bond motifs is 1. The lowest BCUT2D eigenvalue weighted by molar-refractivity contribution is -0.272. The van der Waals surface area contributed by atoms with E-state index in [1.165, 1.54) is 25.1 Å². The van der Waals surface area contributed by atoms with E-state index >= 15 is 0 Å². The van der Waals surface area contributed by atoms with E-state index in [2.05, 4.69) is 10.0 Å². The number of sulfonamides is 1. The van der Waals surface area contributed by atoms with E-state index in [1.54, 1.807) is 0 Å². The van der Waals surface area contributed by atoms with E-state index in [4.69, 9.17) is 9.47 Å². The second kappa shape index (κ2) is 8.42. The molecule has 35 heavy (non-hydrogen) atoms. The molecule has 4 atom stereocenters. The Balaban J connectivity index is 1.76. The number of benzene rings is 2. The number of amides is 1. The molecule has 0 radical (unpaired) electrons. The first kappa shape index (κ1) is 25.3. The number of ether oxygens (including phenoxy) is 2. The third-order valence-corrected chi connectivity index (χ3v) is 8.13. The first-order valence-corrected chi connectivity index (χ1v) is 11.9. The van der Waals surface area contributed by atoms with Gasteiger partial charge >= 0.3 is 6.18 Å². The van der Waals surface area contributed by atoms with Crippen molar-refractivity contribution in [1.82, 2.24) is 4.72 Å². The number of anilines is 1. The van der Waals surface area contributed by atoms with Gasteiger partial charge in [0.15, 0.2) is 17.2 Å². The number of hydrogen-bond donors (Lipinski definition) is 2. The van der Waals surface area contributed by atoms with Crippen molar-refractivity contribution in [1.29, 1.82) is 0 Å². The molecule has 0 aliphatic carbocycles. The minimum atomic E-state index is -4.90. The molecule has 0 spiro atoms. The van der Waals surface area contributed by atoms with Gasteiger partial charge in [-0.15, -0.1) is 0 Å². The summed E-state index contributed by atoms with van der Waals surface area (Å²) in [6.07, 6.45) is -6.70. The number of alkyl halides is 3. The summed E-state index contributed by atoms with van der Waals surface area (Å²) in [5.41, 5.74) is -2.51. The first-order chi connectivity index (χ1) is 16.2. The van der Waals surface area contributed by atoms with E-state index in [9.17, 15) is 35.2 Å². The fourth-order valence-electron chi connectivity index (χ4n) is 4.53. The number of halogens is 5. The summed E-state index contributed by atoms with van der Waals surface area (Å²) < 4.78 is 107. The average molecular weight is 520 g/mol. The molecule has 0 unspecified atom stereocenters. The van der Waals surface area contributed by atoms with E-state index in [-0.39, 0.29) is 22.7 Å². The number of methoxy groups -OCH3 is 1. The van der Waals surface area contributed by atoms with Gasteiger partial charge in [0.25, 0.3) is 5.91 Å². The predicted octanol–water partition coefficient (Wildman–Crippen LogP) is 3.84. The number of hydrogen-bond acceptors (Lipinski definition) is 5. The number of rotatable bonds is 4. The molecule has 2 aliphatic heterocycles. The molecule has 2 heterocycles. The van der Waals surface area contributed by atoms with Crippen LogP contribution in [-0.2, 0) is 26.1 Å². The lowest BCUT2D eigenvalue weighted by atomic mass is 9.77. The van der Waals surface area contributed by atoms with Crippen LogP contribution in [-0.4, -0.2) is 39.3 Å². The molecular weight excluding hydrogens is 499 g/mol. The summed E-state index contributed by atoms with van der Waals surface area (Å²) in [5.74, 6) is -7.14. The number of carbonyl (C=O) groups is 1. The Hall–Kier alpha value is -2.77. The van der Waals surface area contributed by atoms with Crippen molar-refractivity contribution in [3.63, 3.8) is 0 Å². The molecule has 13 heteroatoms. The number of nitrogens with one attached hydrogen (secondary N) is 2. The molecule has 1 amide bonds. The Morgan fingerprint density at radius 2 is 1.91 bits per heavy atom. The van der Waals surface area contributed by atoms with Crippen molar-refractivity contribution in [2.24, 2.45) is 5.92 Å². The molecule has 7 nitrogen and oxygen atoms in total. The zero-order valence-electron chi connectivity index (χ0n) is 18.7. The van der Waals surface area contributed by atoms with Crippen LogP contribution in [0.4, 0.5) is 27.6 Å². The van der Waals surface area contributed by atoms with Crippen LogP contribution < -0.4 is 14.8 Å². The fourth-order valence-corrected chi connectivity index (χ4v) is 5.80. The van der Waals surface area contributed by atoms with Crippen molar-refractivity contribution >= 4 is 21.6 Å². The van der Waals surface area contributed by atoms with E-state index in [1.807, 2.05) is 0 Å². The summed E-state index contributed by atoms with van der Waals surface area (Å²) in [6.45, 7) is 2.04. The van der Waals surface area contributed by atoms with Crippen molar-refractivity contribution < 1.29 is 44.6 Å². The minimum absolute atomic E-state index is 0.00823. The second-order valence-electron chi connectivity index (χ2n) is 8.58. The Kier molecular flexibility index (Phi) is 6.09. The van der Waals surface area contributed by atoms with Gasteiger partial charge in [0.2, 0.25) is 15.8 Å². The van der Waals surface area contributed by atoms with Crippen LogP contribution in [0.3, 0.4) is 0 Å². The fraction of sp³-hybridized carbons (Fsp3) is 0.409. The van der Waals surface area contributed by atoms with Crippen LogP contribution in [0.15, 0.2) is 35.2 Å². The van der Waals surface area contributed by atoms with E-state index < -0.39 is 63.0 Å². The summed E-state index contributed by atoms with van der Waals surface area (Å²) in [4.78, 5) is 13.1. The highest BCUT2D eigenvalue weighted by Crippen LogP contribution is 2.55. The second-order valence-corrected chi connectivity index (χ2v) is 10.3. The highest BCUT2D eigenvalue weighted by Gasteiger charge is 2.65. The zero-order valence-corrected chi connectivity index (χ0v) is 19.5. The summed E-state index contributed by atoms with van der Waals surface area (Å²) >= 11 is 0. The average Bonchev–Trinajstić information content (AvgIpc) is 3.23. The standard InChI is InChI=1S/C22H21F5N2O5S/c1-10-16(13-6-7-14(23)17(24)18(13)33-3)19(34-21(10,2)22(25,26)27)20(30)29-12-5-4-11-9-28-35(31,32)15(11)8-12/h4-8,10,16,19,28H,9H2,1-3H3,(H,29,30)/t10-,16-,19+,21+/m0/s1. The molecule has 4 rings (SSSR count). The monoisotopic (exact) mass is 520 g/mol. The quantitative estimate of drug-likeness (QED) is 0.598. The summed E-state index contributed by atoms with van der Waals surface area (Å²) in [5, 5.41) is 2.39. The molecule has 2 aliphatic rings. The van der Waals surface area contributed by atoms with Crippen molar-refractivity contribution in [3.05, 3.63) is 53.1 Å². The molecule has 2 aromatic carbocycles. The Morgan fingerprint density at radius 1 is 1.23 bits per heavy atom. The molecule has 2 N–H and O–H groups in total. The molecule has 1 saturated heterocycles. The van der Waals surface area contributed by atoms with Crippen molar-refractivity contribution in [3.8, 4) is 5.75 Å². The lowest BCUT2D eigenvalue weighted by Gasteiger charge is -2.32. The number of carbonyl (C=O) groups excluding carboxylic acids is 1. The maximum atomic E-state index is 14.4. The third-order valence-electron chi connectivity index (χ3n) is 6.65. The summed E-state index contributed by atoms with van der Waals surface area (Å²) in [7, 11) is -2.75. The molecule has 190 valence electrons. The van der Waals surface area contributed by atoms with Crippen LogP contribution in [0.5, 0.6) is 5.75 Å². The minimum Gasteiger partial charge on any atom is -0.493 e. The molecule has 0 aromatic heterocycles. The van der Waals surface area contributed by atoms with Crippen molar-refractivity contribution in [2.45, 2.75) is 49.1 Å². The predicted molar refractivity (Wildman–Crippen MR) is 113 cm³/mol. The highest BCUT2D eigenvalue weighted by atomic mass is 32.2. The molecule has 0 bridgehead atoms. The Labute approximate surface area is 197 Å². The van der Waals surface area contributed by atoms with Gasteiger partial charge in [0.1, 0.15) is 6.10 Å². The lowest BCUT2D eigenvalue weighted by Crippen LogP contribution is -2.47. The van der Waals surface area contributed by atoms with Gasteiger partial charge in [0.05, 0.1) is 12.0 Å². The van der Waals surface area contributed by atoms with Crippen LogP contribution in [0.2, 0.25) is 0 Å². The Bertz CT molecular complexity index is 1300. The smallest absolute Gasteiger partial charge is 0.417 e. The van der Waals surface area contributed by atoms with Gasteiger partial charge in [-0.2, -0.15) is 17.6 Å². The third kappa shape index (κ3) is 4.04. The summed E-state index contributed by atoms with van der Waals surface area (Å²) in [6, 6.07) is 5.81. The topological polar surface area (TPSA) is 93.7 Å². The van der Waals surface area contributed by atoms with Gasteiger partial charge < -0.3 is 14.8 Å². The van der Waals surface area contributed by atoms with Gasteiger partial charge in [-0.25, -0.2) is 17.5 Å². The van der Waals surface area contributed by atoms with E-state index in [0.717, 1.165) is 26.2 Å². The van der Waals surface area contributed by atoms with Crippen LogP contribution in [0, 0.1) is 17.6 Å². The highest BCUT2D eigenvalue weighted by molar-refractivity contribution is 7.89. The van der Waals surface area contributed by atoms with E-state index in [0.29, 0.717) is 5.56 Å². The van der Waals surface area contributed by atoms with Crippen LogP contribution in [0.1, 0.15) is 30.9 Å². The zero-order chi connectivity index (χ0) is 25.9. The maximum absolute atomic E-state index is 14.4. The molecule has 1 fully saturated rings. The largest absolute Gasteiger partial charge is 0.493 e. The molecule has 0 saturated carbocycles. The van der Waals surface area contributed by atoms with Gasteiger partial charge in [-0.1, -0.05) is 19.1 Å². The van der Waals surface area contributed by atoms with Crippen LogP contribution >= 0.6 is 0 Å². The van der Waals surface area contributed by atoms with Crippen molar-refractivity contribution in [2.75, 3.05) is 12.4 Å². The van der Waals surface area contributed by atoms with Gasteiger partial charge in [0, 0.05) is 29.6 Å². The maximum Gasteiger partial charge on any atom is 0.417 e. The normalized spacial score (nSPS) is 27.5.